The van der Waals surface area contributed by atoms with Gasteiger partial charge in [-0.1, -0.05) is 17.7 Å². The maximum atomic E-state index is 11.4. The first kappa shape index (κ1) is 32.4. The van der Waals surface area contributed by atoms with Gasteiger partial charge in [-0.3, -0.25) is 4.79 Å². The molecule has 3 aliphatic heterocycles. The van der Waals surface area contributed by atoms with Gasteiger partial charge in [-0.2, -0.15) is 0 Å². The van der Waals surface area contributed by atoms with Gasteiger partial charge < -0.3 is 64.0 Å². The molecule has 3 aliphatic rings. The number of halogens is 1. The first-order valence-electron chi connectivity index (χ1n) is 13.4. The van der Waals surface area contributed by atoms with Crippen molar-refractivity contribution in [1.82, 2.24) is 0 Å². The van der Waals surface area contributed by atoms with E-state index in [0.29, 0.717) is 35.9 Å². The van der Waals surface area contributed by atoms with Crippen molar-refractivity contribution in [3.63, 3.8) is 0 Å². The van der Waals surface area contributed by atoms with E-state index in [2.05, 4.69) is 5.32 Å². The number of hydrogen-bond donors (Lipinski definition) is 6. The van der Waals surface area contributed by atoms with Crippen LogP contribution in [0.15, 0.2) is 18.2 Å². The molecule has 232 valence electrons. The summed E-state index contributed by atoms with van der Waals surface area (Å²) in [7, 11) is 0. The fourth-order valence-electron chi connectivity index (χ4n) is 4.85. The Kier molecular flexibility index (Phi) is 11.7. The Balaban J connectivity index is 1.35. The summed E-state index contributed by atoms with van der Waals surface area (Å²) in [6, 6.07) is 4.80. The highest BCUT2D eigenvalue weighted by Gasteiger charge is 2.52. The van der Waals surface area contributed by atoms with Crippen LogP contribution in [-0.2, 0) is 44.6 Å². The molecule has 11 atom stereocenters. The smallest absolute Gasteiger partial charge is 0.221 e. The Labute approximate surface area is 241 Å². The molecule has 3 heterocycles. The van der Waals surface area contributed by atoms with Crippen LogP contribution in [0.1, 0.15) is 25.8 Å². The van der Waals surface area contributed by atoms with Crippen molar-refractivity contribution in [2.45, 2.75) is 94.6 Å². The molecule has 15 heteroatoms. The Bertz CT molecular complexity index is 1000. The predicted octanol–water partition coefficient (Wildman–Crippen LogP) is -0.746. The maximum Gasteiger partial charge on any atom is 0.221 e. The molecule has 0 spiro atoms. The van der Waals surface area contributed by atoms with Crippen LogP contribution in [0.3, 0.4) is 0 Å². The molecule has 0 aromatic heterocycles. The number of hydrogen-bond acceptors (Lipinski definition) is 13. The second-order valence-corrected chi connectivity index (χ2v) is 10.4. The number of aliphatic hydroxyl groups excluding tert-OH is 5. The van der Waals surface area contributed by atoms with Crippen molar-refractivity contribution in [3.05, 3.63) is 28.8 Å². The second-order valence-electron chi connectivity index (χ2n) is 9.99. The minimum absolute atomic E-state index is 0.0468. The summed E-state index contributed by atoms with van der Waals surface area (Å²) in [5, 5.41) is 55.9. The normalized spacial score (nSPS) is 37.4. The van der Waals surface area contributed by atoms with E-state index in [1.807, 2.05) is 6.92 Å². The third kappa shape index (κ3) is 7.92. The van der Waals surface area contributed by atoms with E-state index in [-0.39, 0.29) is 19.1 Å². The van der Waals surface area contributed by atoms with Gasteiger partial charge in [0.05, 0.1) is 37.1 Å². The van der Waals surface area contributed by atoms with E-state index in [4.69, 9.17) is 44.8 Å². The molecular weight excluding hydrogens is 570 g/mol. The van der Waals surface area contributed by atoms with Gasteiger partial charge in [0.15, 0.2) is 18.9 Å². The summed E-state index contributed by atoms with van der Waals surface area (Å²) in [5.41, 5.74) is 0.957. The maximum absolute atomic E-state index is 11.4. The van der Waals surface area contributed by atoms with Crippen molar-refractivity contribution in [2.24, 2.45) is 0 Å². The van der Waals surface area contributed by atoms with Crippen LogP contribution in [0.5, 0.6) is 0 Å². The van der Waals surface area contributed by atoms with Gasteiger partial charge in [0.2, 0.25) is 5.91 Å². The van der Waals surface area contributed by atoms with E-state index in [0.717, 1.165) is 0 Å². The first-order chi connectivity index (χ1) is 19.6. The van der Waals surface area contributed by atoms with E-state index in [1.165, 1.54) is 6.92 Å². The number of nitrogens with one attached hydrogen (secondary N) is 1. The molecule has 6 N–H and O–H groups in total. The van der Waals surface area contributed by atoms with E-state index >= 15 is 0 Å². The van der Waals surface area contributed by atoms with Crippen LogP contribution in [0.4, 0.5) is 5.69 Å². The lowest BCUT2D eigenvalue weighted by Crippen LogP contribution is -2.66. The van der Waals surface area contributed by atoms with Crippen LogP contribution in [-0.4, -0.2) is 126 Å². The van der Waals surface area contributed by atoms with E-state index < -0.39 is 74.3 Å². The van der Waals surface area contributed by atoms with Gasteiger partial charge in [-0.25, -0.2) is 0 Å². The molecule has 3 saturated heterocycles. The van der Waals surface area contributed by atoms with Gasteiger partial charge in [-0.15, -0.1) is 0 Å². The number of ether oxygens (including phenoxy) is 7. The lowest BCUT2D eigenvalue weighted by atomic mass is 9.96. The molecule has 1 aromatic carbocycles. The molecule has 0 radical (unpaired) electrons. The molecule has 41 heavy (non-hydrogen) atoms. The SMILES string of the molecule is CCOCCC1OC[C@H]2O[C@H](O[C@H]3[C@H](O)[C@@H](O)[C@H](OCc4ccc(Cl)c(NC(C)=O)c4)O[C@@H]3CO)[C@H](O)[C@@H](O)[C@@H]2O1. The Morgan fingerprint density at radius 2 is 1.83 bits per heavy atom. The Morgan fingerprint density at radius 3 is 2.54 bits per heavy atom. The zero-order valence-electron chi connectivity index (χ0n) is 22.7. The number of aliphatic hydroxyl groups is 5. The van der Waals surface area contributed by atoms with Crippen molar-refractivity contribution in [2.75, 3.05) is 31.7 Å². The number of carbonyl (C=O) groups is 1. The average molecular weight is 608 g/mol. The highest BCUT2D eigenvalue weighted by molar-refractivity contribution is 6.33. The van der Waals surface area contributed by atoms with Gasteiger partial charge in [0.1, 0.15) is 48.8 Å². The number of rotatable bonds is 11. The summed E-state index contributed by atoms with van der Waals surface area (Å²) in [4.78, 5) is 11.4. The summed E-state index contributed by atoms with van der Waals surface area (Å²) in [6.45, 7) is 3.47. The zero-order valence-corrected chi connectivity index (χ0v) is 23.5. The van der Waals surface area contributed by atoms with Crippen LogP contribution >= 0.6 is 11.6 Å². The van der Waals surface area contributed by atoms with Crippen LogP contribution in [0.2, 0.25) is 5.02 Å². The molecule has 3 fully saturated rings. The Morgan fingerprint density at radius 1 is 1.07 bits per heavy atom. The van der Waals surface area contributed by atoms with Crippen molar-refractivity contribution >= 4 is 23.2 Å². The molecule has 0 bridgehead atoms. The second kappa shape index (κ2) is 14.8. The monoisotopic (exact) mass is 607 g/mol. The van der Waals surface area contributed by atoms with Crippen LogP contribution in [0, 0.1) is 0 Å². The summed E-state index contributed by atoms with van der Waals surface area (Å²) >= 11 is 6.09. The number of amides is 1. The topological polar surface area (TPSA) is 195 Å². The predicted molar refractivity (Wildman–Crippen MR) is 140 cm³/mol. The van der Waals surface area contributed by atoms with Crippen LogP contribution < -0.4 is 5.32 Å². The van der Waals surface area contributed by atoms with Gasteiger partial charge in [0.25, 0.3) is 0 Å². The van der Waals surface area contributed by atoms with Gasteiger partial charge in [-0.05, 0) is 24.6 Å². The summed E-state index contributed by atoms with van der Waals surface area (Å²) in [5.74, 6) is -0.309. The minimum atomic E-state index is -1.63. The zero-order chi connectivity index (χ0) is 29.7. The summed E-state index contributed by atoms with van der Waals surface area (Å²) in [6.07, 6.45) is -13.5. The lowest BCUT2D eigenvalue weighted by molar-refractivity contribution is -0.385. The number of benzene rings is 1. The molecule has 1 unspecified atom stereocenters. The minimum Gasteiger partial charge on any atom is -0.394 e. The molecule has 1 aromatic rings. The number of fused-ring (bicyclic) bond motifs is 1. The van der Waals surface area contributed by atoms with Crippen molar-refractivity contribution < 1.29 is 63.5 Å². The lowest BCUT2D eigenvalue weighted by Gasteiger charge is -2.48. The highest BCUT2D eigenvalue weighted by atomic mass is 35.5. The first-order valence-corrected chi connectivity index (χ1v) is 13.8. The fourth-order valence-corrected chi connectivity index (χ4v) is 5.02. The van der Waals surface area contributed by atoms with Gasteiger partial charge >= 0.3 is 0 Å². The summed E-state index contributed by atoms with van der Waals surface area (Å²) < 4.78 is 39.6. The quantitative estimate of drug-likeness (QED) is 0.172. The van der Waals surface area contributed by atoms with Crippen molar-refractivity contribution in [3.8, 4) is 0 Å². The standard InChI is InChI=1S/C26H38ClNO13/c1-3-35-7-6-18-36-11-17-24(40-18)20(32)22(34)26(39-17)41-23-16(9-29)38-25(21(33)19(23)31)37-10-13-4-5-14(27)15(8-13)28-12(2)30/h4-5,8,16-26,29,31-34H,3,6-7,9-11H2,1-2H3,(H,28,30)/t16-,17-,18?,19-,20-,21-,22-,23-,24-,25-,26-/m1/s1. The fraction of sp³-hybridized carbons (Fsp3) is 0.731. The largest absolute Gasteiger partial charge is 0.394 e. The number of anilines is 1. The molecular formula is C26H38ClNO13. The van der Waals surface area contributed by atoms with Gasteiger partial charge in [0, 0.05) is 20.0 Å². The van der Waals surface area contributed by atoms with Crippen LogP contribution in [0.25, 0.3) is 0 Å². The third-order valence-corrected chi connectivity index (χ3v) is 7.30. The molecule has 0 aliphatic carbocycles. The Hall–Kier alpha value is -1.50. The van der Waals surface area contributed by atoms with Crippen molar-refractivity contribution in [1.29, 1.82) is 0 Å². The van der Waals surface area contributed by atoms with E-state index in [9.17, 15) is 30.3 Å². The molecule has 14 nitrogen and oxygen atoms in total. The number of carbonyl (C=O) groups excluding carboxylic acids is 1. The molecule has 0 saturated carbocycles. The van der Waals surface area contributed by atoms with E-state index in [1.54, 1.807) is 18.2 Å². The molecule has 1 amide bonds. The third-order valence-electron chi connectivity index (χ3n) is 6.97. The highest BCUT2D eigenvalue weighted by Crippen LogP contribution is 2.33. The molecule has 4 rings (SSSR count). The average Bonchev–Trinajstić information content (AvgIpc) is 2.95.